The van der Waals surface area contributed by atoms with Gasteiger partial charge in [-0.05, 0) is 68.7 Å². The third-order valence-electron chi connectivity index (χ3n) is 9.19. The van der Waals surface area contributed by atoms with Gasteiger partial charge in [-0.15, -0.1) is 17.8 Å². The molecule has 1 N–H and O–H groups in total. The van der Waals surface area contributed by atoms with Crippen LogP contribution in [0.25, 0.3) is 0 Å². The second kappa shape index (κ2) is 24.6. The Balaban J connectivity index is 0.000000296. The Labute approximate surface area is 325 Å². The summed E-state index contributed by atoms with van der Waals surface area (Å²) in [5.41, 5.74) is 1.91. The number of methoxy groups -OCH3 is 1. The maximum absolute atomic E-state index is 12.6. The van der Waals surface area contributed by atoms with E-state index in [0.717, 1.165) is 30.4 Å². The van der Waals surface area contributed by atoms with Crippen molar-refractivity contribution >= 4 is 35.3 Å². The van der Waals surface area contributed by atoms with Crippen molar-refractivity contribution in [3.05, 3.63) is 96.1 Å². The van der Waals surface area contributed by atoms with Gasteiger partial charge in [-0.1, -0.05) is 78.7 Å². The fourth-order valence-corrected chi connectivity index (χ4v) is 6.41. The highest BCUT2D eigenvalue weighted by Gasteiger charge is 2.36. The number of hydrogen-bond donors (Lipinski definition) is 1. The summed E-state index contributed by atoms with van der Waals surface area (Å²) in [6.45, 7) is 2.05. The topological polar surface area (TPSA) is 138 Å². The van der Waals surface area contributed by atoms with E-state index >= 15 is 0 Å². The van der Waals surface area contributed by atoms with E-state index in [0.29, 0.717) is 64.3 Å². The summed E-state index contributed by atoms with van der Waals surface area (Å²) in [6, 6.07) is 18.0. The van der Waals surface area contributed by atoms with Crippen LogP contribution >= 0.6 is 0 Å². The van der Waals surface area contributed by atoms with Gasteiger partial charge in [0.15, 0.2) is 11.6 Å². The van der Waals surface area contributed by atoms with Crippen LogP contribution in [0.15, 0.2) is 85.0 Å². The molecule has 3 unspecified atom stereocenters. The zero-order valence-corrected chi connectivity index (χ0v) is 31.9. The second-order valence-corrected chi connectivity index (χ2v) is 13.3. The van der Waals surface area contributed by atoms with Gasteiger partial charge >= 0.3 is 11.9 Å². The van der Waals surface area contributed by atoms with Gasteiger partial charge in [0.2, 0.25) is 11.8 Å². The van der Waals surface area contributed by atoms with Crippen molar-refractivity contribution in [1.29, 1.82) is 0 Å². The molecule has 4 rings (SSSR count). The van der Waals surface area contributed by atoms with Crippen LogP contribution in [-0.4, -0.2) is 82.0 Å². The molecule has 0 aliphatic carbocycles. The number of piperidine rings is 2. The fraction of sp³-hybridized carbons (Fsp3) is 0.422. The molecule has 2 aromatic rings. The minimum Gasteiger partial charge on any atom is -0.481 e. The van der Waals surface area contributed by atoms with Gasteiger partial charge in [0.25, 0.3) is 0 Å². The normalized spacial score (nSPS) is 17.3. The molecule has 3 atom stereocenters. The Morgan fingerprint density at radius 2 is 1.36 bits per heavy atom. The first kappa shape index (κ1) is 43.7. The van der Waals surface area contributed by atoms with Crippen molar-refractivity contribution < 1.29 is 38.6 Å². The van der Waals surface area contributed by atoms with Crippen molar-refractivity contribution in [3.63, 3.8) is 0 Å². The van der Waals surface area contributed by atoms with Crippen LogP contribution in [0, 0.1) is 23.7 Å². The summed E-state index contributed by atoms with van der Waals surface area (Å²) < 4.78 is 4.93. The lowest BCUT2D eigenvalue weighted by molar-refractivity contribution is -0.156. The molecule has 2 aliphatic rings. The van der Waals surface area contributed by atoms with Crippen LogP contribution in [-0.2, 0) is 46.3 Å². The highest BCUT2D eigenvalue weighted by molar-refractivity contribution is 5.92. The van der Waals surface area contributed by atoms with E-state index < -0.39 is 18.0 Å². The summed E-state index contributed by atoms with van der Waals surface area (Å²) in [6.07, 6.45) is 13.4. The molecule has 2 aromatic carbocycles. The number of hydrogen-bond acceptors (Lipinski definition) is 7. The van der Waals surface area contributed by atoms with Gasteiger partial charge in [-0.3, -0.25) is 24.0 Å². The Hall–Kier alpha value is -5.74. The number of ketones is 2. The van der Waals surface area contributed by atoms with Gasteiger partial charge in [-0.2, -0.15) is 0 Å². The molecule has 2 amide bonds. The Morgan fingerprint density at radius 1 is 0.800 bits per heavy atom. The maximum Gasteiger partial charge on any atom is 0.328 e. The molecule has 0 bridgehead atoms. The smallest absolute Gasteiger partial charge is 0.328 e. The lowest BCUT2D eigenvalue weighted by atomic mass is 9.96. The van der Waals surface area contributed by atoms with Gasteiger partial charge < -0.3 is 19.6 Å². The van der Waals surface area contributed by atoms with Crippen molar-refractivity contribution in [2.75, 3.05) is 13.7 Å². The van der Waals surface area contributed by atoms with Crippen molar-refractivity contribution in [1.82, 2.24) is 9.80 Å². The summed E-state index contributed by atoms with van der Waals surface area (Å²) >= 11 is 0. The van der Waals surface area contributed by atoms with Crippen LogP contribution < -0.4 is 0 Å². The molecule has 2 aliphatic heterocycles. The van der Waals surface area contributed by atoms with Crippen LogP contribution in [0.1, 0.15) is 88.7 Å². The number of nitrogens with zero attached hydrogens (tertiary/aromatic N) is 2. The molecule has 10 nitrogen and oxygen atoms in total. The van der Waals surface area contributed by atoms with Gasteiger partial charge in [-0.25, -0.2) is 4.79 Å². The van der Waals surface area contributed by atoms with Crippen LogP contribution in [0.2, 0.25) is 0 Å². The molecular formula is C45H52N2O8. The zero-order chi connectivity index (χ0) is 39.8. The number of likely N-dealkylation sites (tertiary alicyclic amines) is 2. The number of carbonyl (C=O) groups is 6. The van der Waals surface area contributed by atoms with E-state index in [4.69, 9.17) is 9.84 Å². The summed E-state index contributed by atoms with van der Waals surface area (Å²) in [4.78, 5) is 75.4. The number of esters is 1. The monoisotopic (exact) mass is 748 g/mol. The van der Waals surface area contributed by atoms with Crippen LogP contribution in [0.4, 0.5) is 0 Å². The highest BCUT2D eigenvalue weighted by atomic mass is 16.5. The molecule has 0 radical (unpaired) electrons. The largest absolute Gasteiger partial charge is 0.481 e. The molecule has 10 heteroatoms. The number of rotatable bonds is 16. The summed E-state index contributed by atoms with van der Waals surface area (Å²) in [7, 11) is 1.32. The molecular weight excluding hydrogens is 697 g/mol. The van der Waals surface area contributed by atoms with Gasteiger partial charge in [0, 0.05) is 44.9 Å². The summed E-state index contributed by atoms with van der Waals surface area (Å²) in [5.74, 6) is 10.3. The number of benzene rings is 2. The minimum atomic E-state index is -0.826. The van der Waals surface area contributed by atoms with E-state index in [1.165, 1.54) is 13.2 Å². The average molecular weight is 749 g/mol. The number of ether oxygens (including phenoxy) is 1. The van der Waals surface area contributed by atoms with Crippen molar-refractivity contribution in [3.8, 4) is 23.7 Å². The maximum atomic E-state index is 12.6. The number of amides is 2. The number of carbonyl (C=O) groups excluding carboxylic acids is 5. The zero-order valence-electron chi connectivity index (χ0n) is 31.9. The number of allylic oxidation sites excluding steroid dienone is 2. The Bertz CT molecular complexity index is 1780. The lowest BCUT2D eigenvalue weighted by Crippen LogP contribution is -2.52. The SMILES string of the molecule is CC#CCCC(C(=O)OC)N1C(=O)CCCC1/C=C/C(=O)Cc1ccccc1.O=C(O)CCCC#CCN1C(=O)CCCC1/C=C/C(=O)Cc1ccccc1. The average Bonchev–Trinajstić information content (AvgIpc) is 3.18. The van der Waals surface area contributed by atoms with Gasteiger partial charge in [0.1, 0.15) is 6.04 Å². The molecule has 2 saturated heterocycles. The third kappa shape index (κ3) is 16.0. The number of unbranched alkanes of at least 4 members (excludes halogenated alkanes) is 1. The molecule has 0 saturated carbocycles. The van der Waals surface area contributed by atoms with E-state index in [9.17, 15) is 28.8 Å². The van der Waals surface area contributed by atoms with Crippen molar-refractivity contribution in [2.45, 2.75) is 109 Å². The first-order valence-corrected chi connectivity index (χ1v) is 18.9. The predicted octanol–water partition coefficient (Wildman–Crippen LogP) is 6.07. The molecule has 0 spiro atoms. The standard InChI is InChI=1S/C23H27NO4.C22H25NO4/c1-3-4-6-13-21(23(27)28-2)24-19(12-9-14-22(24)26)15-16-20(25)17-18-10-7-5-8-11-18;24-20(17-18-9-4-3-5-10-18)15-14-19-11-8-12-21(25)23(19)16-7-2-1-6-13-22(26)27/h5,7-8,10-11,15-16,19,21H,6,9,12-14,17H2,1-2H3;3-5,9-10,14-15,19H,1,6,8,11-13,16-17H2,(H,26,27)/b16-15+;15-14+. The Morgan fingerprint density at radius 3 is 1.93 bits per heavy atom. The molecule has 290 valence electrons. The van der Waals surface area contributed by atoms with Gasteiger partial charge in [0.05, 0.1) is 25.7 Å². The second-order valence-electron chi connectivity index (χ2n) is 13.3. The predicted molar refractivity (Wildman–Crippen MR) is 210 cm³/mol. The summed E-state index contributed by atoms with van der Waals surface area (Å²) in [5, 5.41) is 8.60. The van der Waals surface area contributed by atoms with Crippen LogP contribution in [0.3, 0.4) is 0 Å². The van der Waals surface area contributed by atoms with Crippen molar-refractivity contribution in [2.24, 2.45) is 0 Å². The van der Waals surface area contributed by atoms with E-state index in [-0.39, 0.29) is 41.9 Å². The number of carboxylic acid groups (broad SMARTS) is 1. The first-order valence-electron chi connectivity index (χ1n) is 18.9. The molecule has 2 fully saturated rings. The molecule has 0 aromatic heterocycles. The van der Waals surface area contributed by atoms with Crippen LogP contribution in [0.5, 0.6) is 0 Å². The van der Waals surface area contributed by atoms with E-state index in [1.807, 2.05) is 66.7 Å². The fourth-order valence-electron chi connectivity index (χ4n) is 6.41. The third-order valence-corrected chi connectivity index (χ3v) is 9.19. The first-order chi connectivity index (χ1) is 26.6. The Kier molecular flexibility index (Phi) is 19.5. The molecule has 2 heterocycles. The quantitative estimate of drug-likeness (QED) is 0.0945. The van der Waals surface area contributed by atoms with E-state index in [2.05, 4.69) is 23.7 Å². The highest BCUT2D eigenvalue weighted by Crippen LogP contribution is 2.25. The number of carboxylic acids is 1. The van der Waals surface area contributed by atoms with E-state index in [1.54, 1.807) is 28.9 Å². The minimum absolute atomic E-state index is 0.0129. The lowest BCUT2D eigenvalue weighted by Gasteiger charge is -2.38. The number of aliphatic carboxylic acids is 1. The molecule has 55 heavy (non-hydrogen) atoms.